The molecule has 8 heteroatoms. The normalized spacial score (nSPS) is 20.3. The molecule has 2 aliphatic rings. The second-order valence-electron chi connectivity index (χ2n) is 7.86. The van der Waals surface area contributed by atoms with Crippen LogP contribution >= 0.6 is 15.9 Å². The van der Waals surface area contributed by atoms with E-state index in [1.807, 2.05) is 19.1 Å². The summed E-state index contributed by atoms with van der Waals surface area (Å²) >= 11 is 3.59. The topological polar surface area (TPSA) is 78.3 Å². The Kier molecular flexibility index (Phi) is 4.69. The summed E-state index contributed by atoms with van der Waals surface area (Å²) in [6.45, 7) is 6.67. The molecule has 7 nitrogen and oxygen atoms in total. The molecule has 0 saturated carbocycles. The molecule has 2 aromatic rings. The zero-order chi connectivity index (χ0) is 20.1. The van der Waals surface area contributed by atoms with E-state index in [1.165, 1.54) is 6.33 Å². The Hall–Kier alpha value is -2.35. The van der Waals surface area contributed by atoms with Crippen molar-refractivity contribution < 1.29 is 14.3 Å². The Bertz CT molecular complexity index is 980. The second kappa shape index (κ2) is 6.92. The Morgan fingerprint density at radius 1 is 1.36 bits per heavy atom. The number of ketones is 1. The van der Waals surface area contributed by atoms with Gasteiger partial charge in [0.25, 0.3) is 0 Å². The number of hydrogen-bond donors (Lipinski definition) is 1. The van der Waals surface area contributed by atoms with Gasteiger partial charge in [-0.05, 0) is 52.4 Å². The molecule has 0 unspecified atom stereocenters. The number of ether oxygens (including phenoxy) is 2. The number of fused-ring (bicyclic) bond motifs is 1. The maximum atomic E-state index is 13.1. The standard InChI is InChI=1S/C20H23BrN4O3/c1-5-28-18-12(21)6-11(7-15(18)27-4)17-16-13(8-20(2,3)9-14(16)26)24-19-22-10-23-25(17)19/h6-7,10,17H,5,8-9H2,1-4H3,(H,22,23,24)/t17-/m1/s1. The van der Waals surface area contributed by atoms with Crippen LogP contribution in [0, 0.1) is 5.41 Å². The number of allylic oxidation sites excluding steroid dienone is 2. The van der Waals surface area contributed by atoms with Gasteiger partial charge in [0, 0.05) is 17.7 Å². The third-order valence-corrected chi connectivity index (χ3v) is 5.72. The number of carbonyl (C=O) groups is 1. The summed E-state index contributed by atoms with van der Waals surface area (Å²) in [6, 6.07) is 3.51. The molecule has 0 bridgehead atoms. The monoisotopic (exact) mass is 446 g/mol. The van der Waals surface area contributed by atoms with E-state index in [2.05, 4.69) is 45.2 Å². The molecule has 148 valence electrons. The Balaban J connectivity index is 1.90. The van der Waals surface area contributed by atoms with Crippen LogP contribution in [0.5, 0.6) is 11.5 Å². The van der Waals surface area contributed by atoms with E-state index in [9.17, 15) is 4.79 Å². The lowest BCUT2D eigenvalue weighted by atomic mass is 9.73. The maximum Gasteiger partial charge on any atom is 0.226 e. The summed E-state index contributed by atoms with van der Waals surface area (Å²) in [6.07, 6.45) is 2.79. The van der Waals surface area contributed by atoms with Crippen LogP contribution in [0.1, 0.15) is 45.2 Å². The number of Topliss-reactive ketones (excluding diaryl/α,β-unsaturated/α-hetero) is 1. The minimum Gasteiger partial charge on any atom is -0.493 e. The zero-order valence-electron chi connectivity index (χ0n) is 16.4. The van der Waals surface area contributed by atoms with Crippen molar-refractivity contribution in [3.8, 4) is 11.5 Å². The molecule has 0 spiro atoms. The highest BCUT2D eigenvalue weighted by Gasteiger charge is 2.41. The minimum atomic E-state index is -0.363. The molecule has 28 heavy (non-hydrogen) atoms. The third kappa shape index (κ3) is 3.09. The first-order chi connectivity index (χ1) is 13.3. The number of nitrogens with one attached hydrogen (secondary N) is 1. The molecule has 1 atom stereocenters. The Morgan fingerprint density at radius 2 is 2.14 bits per heavy atom. The van der Waals surface area contributed by atoms with E-state index in [4.69, 9.17) is 9.47 Å². The predicted molar refractivity (Wildman–Crippen MR) is 109 cm³/mol. The van der Waals surface area contributed by atoms with Gasteiger partial charge in [-0.1, -0.05) is 13.8 Å². The fourth-order valence-corrected chi connectivity index (χ4v) is 4.61. The Labute approximate surface area is 172 Å². The van der Waals surface area contributed by atoms with Gasteiger partial charge in [-0.3, -0.25) is 4.79 Å². The largest absolute Gasteiger partial charge is 0.493 e. The van der Waals surface area contributed by atoms with E-state index in [0.29, 0.717) is 30.5 Å². The lowest BCUT2D eigenvalue weighted by Gasteiger charge is -2.38. The predicted octanol–water partition coefficient (Wildman–Crippen LogP) is 4.11. The number of nitrogens with zero attached hydrogens (tertiary/aromatic N) is 3. The van der Waals surface area contributed by atoms with Crippen LogP contribution < -0.4 is 14.8 Å². The van der Waals surface area contributed by atoms with Crippen molar-refractivity contribution in [2.45, 2.75) is 39.7 Å². The highest BCUT2D eigenvalue weighted by molar-refractivity contribution is 9.10. The van der Waals surface area contributed by atoms with Gasteiger partial charge in [0.2, 0.25) is 5.95 Å². The fourth-order valence-electron chi connectivity index (χ4n) is 4.04. The van der Waals surface area contributed by atoms with Crippen molar-refractivity contribution in [2.24, 2.45) is 5.41 Å². The molecular weight excluding hydrogens is 424 g/mol. The molecule has 1 aromatic carbocycles. The number of benzene rings is 1. The van der Waals surface area contributed by atoms with Crippen LogP contribution in [0.4, 0.5) is 5.95 Å². The summed E-state index contributed by atoms with van der Waals surface area (Å²) in [5, 5.41) is 7.71. The van der Waals surface area contributed by atoms with Gasteiger partial charge in [-0.15, -0.1) is 0 Å². The molecule has 1 N–H and O–H groups in total. The molecule has 2 heterocycles. The fraction of sp³-hybridized carbons (Fsp3) is 0.450. The average molecular weight is 447 g/mol. The second-order valence-corrected chi connectivity index (χ2v) is 8.71. The molecule has 1 aliphatic heterocycles. The molecular formula is C20H23BrN4O3. The van der Waals surface area contributed by atoms with Gasteiger partial charge in [0.15, 0.2) is 17.3 Å². The van der Waals surface area contributed by atoms with Gasteiger partial charge in [-0.25, -0.2) is 4.68 Å². The zero-order valence-corrected chi connectivity index (χ0v) is 18.0. The highest BCUT2D eigenvalue weighted by atomic mass is 79.9. The van der Waals surface area contributed by atoms with Gasteiger partial charge in [-0.2, -0.15) is 10.1 Å². The van der Waals surface area contributed by atoms with E-state index in [0.717, 1.165) is 27.7 Å². The van der Waals surface area contributed by atoms with Crippen molar-refractivity contribution >= 4 is 27.7 Å². The quantitative estimate of drug-likeness (QED) is 0.761. The van der Waals surface area contributed by atoms with Crippen molar-refractivity contribution in [3.63, 3.8) is 0 Å². The molecule has 0 fully saturated rings. The summed E-state index contributed by atoms with van der Waals surface area (Å²) in [4.78, 5) is 17.5. The molecule has 0 saturated heterocycles. The first-order valence-corrected chi connectivity index (χ1v) is 10.1. The lowest BCUT2D eigenvalue weighted by molar-refractivity contribution is -0.118. The molecule has 0 radical (unpaired) electrons. The van der Waals surface area contributed by atoms with Crippen molar-refractivity contribution in [2.75, 3.05) is 19.0 Å². The number of carbonyl (C=O) groups excluding carboxylic acids is 1. The number of aromatic nitrogens is 3. The van der Waals surface area contributed by atoms with Gasteiger partial charge in [0.05, 0.1) is 18.2 Å². The number of rotatable bonds is 4. The number of methoxy groups -OCH3 is 1. The van der Waals surface area contributed by atoms with Crippen LogP contribution in [0.25, 0.3) is 0 Å². The van der Waals surface area contributed by atoms with Crippen LogP contribution in [0.2, 0.25) is 0 Å². The van der Waals surface area contributed by atoms with E-state index in [-0.39, 0.29) is 17.2 Å². The molecule has 4 rings (SSSR count). The summed E-state index contributed by atoms with van der Waals surface area (Å²) in [7, 11) is 1.61. The summed E-state index contributed by atoms with van der Waals surface area (Å²) < 4.78 is 13.8. The lowest BCUT2D eigenvalue weighted by Crippen LogP contribution is -2.36. The SMILES string of the molecule is CCOc1c(Br)cc([C@@H]2C3=C(CC(C)(C)CC3=O)Nc3ncnn32)cc1OC. The van der Waals surface area contributed by atoms with Gasteiger partial charge < -0.3 is 14.8 Å². The van der Waals surface area contributed by atoms with E-state index in [1.54, 1.807) is 11.8 Å². The first-order valence-electron chi connectivity index (χ1n) is 9.27. The first kappa shape index (κ1) is 19.0. The third-order valence-electron chi connectivity index (χ3n) is 5.13. The van der Waals surface area contributed by atoms with Crippen LogP contribution in [0.3, 0.4) is 0 Å². The van der Waals surface area contributed by atoms with Gasteiger partial charge >= 0.3 is 0 Å². The number of anilines is 1. The number of halogens is 1. The summed E-state index contributed by atoms with van der Waals surface area (Å²) in [5.74, 6) is 2.02. The van der Waals surface area contributed by atoms with Crippen LogP contribution in [0.15, 0.2) is 34.2 Å². The molecule has 1 aromatic heterocycles. The van der Waals surface area contributed by atoms with E-state index >= 15 is 0 Å². The summed E-state index contributed by atoms with van der Waals surface area (Å²) in [5.41, 5.74) is 2.47. The molecule has 0 amide bonds. The number of hydrogen-bond acceptors (Lipinski definition) is 6. The highest BCUT2D eigenvalue weighted by Crippen LogP contribution is 2.47. The van der Waals surface area contributed by atoms with Crippen molar-refractivity contribution in [3.05, 3.63) is 39.8 Å². The van der Waals surface area contributed by atoms with E-state index < -0.39 is 0 Å². The minimum absolute atomic E-state index is 0.0905. The average Bonchev–Trinajstić information content (AvgIpc) is 3.08. The molecule has 1 aliphatic carbocycles. The Morgan fingerprint density at radius 3 is 2.86 bits per heavy atom. The maximum absolute atomic E-state index is 13.1. The van der Waals surface area contributed by atoms with Crippen molar-refractivity contribution in [1.82, 2.24) is 14.8 Å². The van der Waals surface area contributed by atoms with Crippen LogP contribution in [-0.2, 0) is 4.79 Å². The van der Waals surface area contributed by atoms with Gasteiger partial charge in [0.1, 0.15) is 12.4 Å². The smallest absolute Gasteiger partial charge is 0.226 e. The van der Waals surface area contributed by atoms with Crippen molar-refractivity contribution in [1.29, 1.82) is 0 Å². The van der Waals surface area contributed by atoms with Crippen LogP contribution in [-0.4, -0.2) is 34.3 Å².